The molecule has 1 atom stereocenters. The van der Waals surface area contributed by atoms with E-state index < -0.39 is 11.9 Å². The molecule has 0 aliphatic carbocycles. The largest absolute Gasteiger partial charge is 0.481 e. The van der Waals surface area contributed by atoms with Gasteiger partial charge < -0.3 is 10.0 Å². The van der Waals surface area contributed by atoms with Crippen LogP contribution in [-0.4, -0.2) is 40.7 Å². The van der Waals surface area contributed by atoms with E-state index in [4.69, 9.17) is 16.7 Å². The molecule has 6 heteroatoms. The zero-order valence-electron chi connectivity index (χ0n) is 11.8. The van der Waals surface area contributed by atoms with E-state index in [1.807, 2.05) is 6.92 Å². The minimum Gasteiger partial charge on any atom is -0.481 e. The van der Waals surface area contributed by atoms with Crippen LogP contribution in [0.5, 0.6) is 0 Å². The van der Waals surface area contributed by atoms with Gasteiger partial charge in [-0.25, -0.2) is 0 Å². The molecular formula is C15H18ClNO3S. The summed E-state index contributed by atoms with van der Waals surface area (Å²) in [7, 11) is 0. The highest BCUT2D eigenvalue weighted by atomic mass is 35.5. The molecule has 1 amide bonds. The Morgan fingerprint density at radius 3 is 2.90 bits per heavy atom. The van der Waals surface area contributed by atoms with Crippen LogP contribution in [0.4, 0.5) is 0 Å². The second kappa shape index (κ2) is 7.18. The van der Waals surface area contributed by atoms with Crippen molar-refractivity contribution in [2.75, 3.05) is 18.8 Å². The van der Waals surface area contributed by atoms with E-state index in [1.165, 1.54) is 0 Å². The molecule has 0 bridgehead atoms. The number of rotatable bonds is 4. The molecule has 0 spiro atoms. The standard InChI is InChI=1S/C15H18ClNO3S/c1-2-21-13-8-11(16)5-6-12(13)14(18)17-7-3-4-10(9-17)15(19)20/h5-6,8,10H,2-4,7,9H2,1H3,(H,19,20)/t10-/m0/s1. The van der Waals surface area contributed by atoms with Crippen LogP contribution < -0.4 is 0 Å². The maximum atomic E-state index is 12.7. The smallest absolute Gasteiger partial charge is 0.308 e. The molecule has 1 aliphatic heterocycles. The number of nitrogens with zero attached hydrogens (tertiary/aromatic N) is 1. The fourth-order valence-corrected chi connectivity index (χ4v) is 3.55. The van der Waals surface area contributed by atoms with Crippen molar-refractivity contribution in [3.63, 3.8) is 0 Å². The van der Waals surface area contributed by atoms with Gasteiger partial charge in [0.2, 0.25) is 0 Å². The number of hydrogen-bond donors (Lipinski definition) is 1. The molecule has 114 valence electrons. The molecule has 0 unspecified atom stereocenters. The Labute approximate surface area is 133 Å². The summed E-state index contributed by atoms with van der Waals surface area (Å²) in [5, 5.41) is 9.73. The van der Waals surface area contributed by atoms with Gasteiger partial charge in [0.25, 0.3) is 5.91 Å². The quantitative estimate of drug-likeness (QED) is 0.861. The van der Waals surface area contributed by atoms with Gasteiger partial charge in [0, 0.05) is 23.0 Å². The van der Waals surface area contributed by atoms with Gasteiger partial charge in [-0.05, 0) is 36.8 Å². The molecular weight excluding hydrogens is 310 g/mol. The number of carboxylic acid groups (broad SMARTS) is 1. The number of halogens is 1. The van der Waals surface area contributed by atoms with E-state index in [1.54, 1.807) is 34.9 Å². The van der Waals surface area contributed by atoms with Gasteiger partial charge in [-0.2, -0.15) is 0 Å². The Bertz CT molecular complexity index is 550. The molecule has 1 N–H and O–H groups in total. The lowest BCUT2D eigenvalue weighted by Gasteiger charge is -2.31. The summed E-state index contributed by atoms with van der Waals surface area (Å²) >= 11 is 7.56. The van der Waals surface area contributed by atoms with Gasteiger partial charge in [-0.15, -0.1) is 11.8 Å². The first-order valence-corrected chi connectivity index (χ1v) is 8.33. The van der Waals surface area contributed by atoms with E-state index in [-0.39, 0.29) is 12.5 Å². The minimum absolute atomic E-state index is 0.103. The number of benzene rings is 1. The number of piperidine rings is 1. The third kappa shape index (κ3) is 3.92. The van der Waals surface area contributed by atoms with Gasteiger partial charge >= 0.3 is 5.97 Å². The highest BCUT2D eigenvalue weighted by Crippen LogP contribution is 2.28. The lowest BCUT2D eigenvalue weighted by Crippen LogP contribution is -2.42. The number of likely N-dealkylation sites (tertiary alicyclic amines) is 1. The Kier molecular flexibility index (Phi) is 5.53. The van der Waals surface area contributed by atoms with Crippen molar-refractivity contribution in [1.29, 1.82) is 0 Å². The highest BCUT2D eigenvalue weighted by Gasteiger charge is 2.29. The van der Waals surface area contributed by atoms with Crippen molar-refractivity contribution in [3.8, 4) is 0 Å². The summed E-state index contributed by atoms with van der Waals surface area (Å²) in [6, 6.07) is 5.22. The van der Waals surface area contributed by atoms with Crippen LogP contribution >= 0.6 is 23.4 Å². The molecule has 1 saturated heterocycles. The molecule has 1 aromatic carbocycles. The van der Waals surface area contributed by atoms with Crippen LogP contribution in [-0.2, 0) is 4.79 Å². The molecule has 2 rings (SSSR count). The van der Waals surface area contributed by atoms with Crippen LogP contribution in [0.25, 0.3) is 0 Å². The number of thioether (sulfide) groups is 1. The summed E-state index contributed by atoms with van der Waals surface area (Å²) < 4.78 is 0. The summed E-state index contributed by atoms with van der Waals surface area (Å²) in [4.78, 5) is 26.3. The summed E-state index contributed by atoms with van der Waals surface area (Å²) in [6.45, 7) is 2.91. The number of carboxylic acids is 1. The average molecular weight is 328 g/mol. The van der Waals surface area contributed by atoms with Gasteiger partial charge in [-0.3, -0.25) is 9.59 Å². The monoisotopic (exact) mass is 327 g/mol. The number of aliphatic carboxylic acids is 1. The first-order valence-electron chi connectivity index (χ1n) is 6.97. The third-order valence-corrected chi connectivity index (χ3v) is 4.70. The van der Waals surface area contributed by atoms with Crippen molar-refractivity contribution >= 4 is 35.2 Å². The van der Waals surface area contributed by atoms with Gasteiger partial charge in [0.05, 0.1) is 11.5 Å². The molecule has 1 aliphatic rings. The van der Waals surface area contributed by atoms with Crippen LogP contribution in [0.15, 0.2) is 23.1 Å². The number of amides is 1. The Morgan fingerprint density at radius 2 is 2.24 bits per heavy atom. The lowest BCUT2D eigenvalue weighted by atomic mass is 9.97. The van der Waals surface area contributed by atoms with Crippen LogP contribution in [0, 0.1) is 5.92 Å². The van der Waals surface area contributed by atoms with Crippen molar-refractivity contribution < 1.29 is 14.7 Å². The van der Waals surface area contributed by atoms with Crippen molar-refractivity contribution in [2.45, 2.75) is 24.7 Å². The second-order valence-corrected chi connectivity index (χ2v) is 6.74. The Balaban J connectivity index is 2.21. The molecule has 0 aromatic heterocycles. The maximum Gasteiger partial charge on any atom is 0.308 e. The van der Waals surface area contributed by atoms with E-state index >= 15 is 0 Å². The predicted octanol–water partition coefficient (Wildman–Crippen LogP) is 3.39. The summed E-state index contributed by atoms with van der Waals surface area (Å²) in [6.07, 6.45) is 1.36. The summed E-state index contributed by atoms with van der Waals surface area (Å²) in [5.74, 6) is -0.545. The zero-order valence-corrected chi connectivity index (χ0v) is 13.4. The predicted molar refractivity (Wildman–Crippen MR) is 84.1 cm³/mol. The first kappa shape index (κ1) is 16.2. The molecule has 0 radical (unpaired) electrons. The third-order valence-electron chi connectivity index (χ3n) is 3.53. The topological polar surface area (TPSA) is 57.6 Å². The van der Waals surface area contributed by atoms with E-state index in [9.17, 15) is 9.59 Å². The van der Waals surface area contributed by atoms with E-state index in [2.05, 4.69) is 0 Å². The number of carbonyl (C=O) groups excluding carboxylic acids is 1. The van der Waals surface area contributed by atoms with E-state index in [0.717, 1.165) is 17.1 Å². The van der Waals surface area contributed by atoms with Crippen LogP contribution in [0.3, 0.4) is 0 Å². The lowest BCUT2D eigenvalue weighted by molar-refractivity contribution is -0.143. The fourth-order valence-electron chi connectivity index (χ4n) is 2.48. The fraction of sp³-hybridized carbons (Fsp3) is 0.467. The Hall–Kier alpha value is -1.20. The van der Waals surface area contributed by atoms with Crippen molar-refractivity contribution in [1.82, 2.24) is 4.90 Å². The average Bonchev–Trinajstić information content (AvgIpc) is 2.47. The van der Waals surface area contributed by atoms with Crippen molar-refractivity contribution in [3.05, 3.63) is 28.8 Å². The summed E-state index contributed by atoms with van der Waals surface area (Å²) in [5.41, 5.74) is 0.609. The van der Waals surface area contributed by atoms with E-state index in [0.29, 0.717) is 23.6 Å². The molecule has 1 aromatic rings. The number of hydrogen-bond acceptors (Lipinski definition) is 3. The Morgan fingerprint density at radius 1 is 1.48 bits per heavy atom. The molecule has 0 saturated carbocycles. The normalized spacial score (nSPS) is 18.6. The first-order chi connectivity index (χ1) is 10.0. The molecule has 21 heavy (non-hydrogen) atoms. The van der Waals surface area contributed by atoms with Gasteiger partial charge in [0.15, 0.2) is 0 Å². The second-order valence-electron chi connectivity index (χ2n) is 5.00. The van der Waals surface area contributed by atoms with Crippen molar-refractivity contribution in [2.24, 2.45) is 5.92 Å². The van der Waals surface area contributed by atoms with Gasteiger partial charge in [0.1, 0.15) is 0 Å². The molecule has 4 nitrogen and oxygen atoms in total. The van der Waals surface area contributed by atoms with Gasteiger partial charge in [-0.1, -0.05) is 18.5 Å². The molecule has 1 fully saturated rings. The minimum atomic E-state index is -0.827. The zero-order chi connectivity index (χ0) is 15.4. The SMILES string of the molecule is CCSc1cc(Cl)ccc1C(=O)N1CCC[C@H](C(=O)O)C1. The highest BCUT2D eigenvalue weighted by molar-refractivity contribution is 7.99. The van der Waals surface area contributed by atoms with Crippen LogP contribution in [0.1, 0.15) is 30.1 Å². The maximum absolute atomic E-state index is 12.7. The molecule has 1 heterocycles. The van der Waals surface area contributed by atoms with Crippen LogP contribution in [0.2, 0.25) is 5.02 Å². The number of carbonyl (C=O) groups is 2.